The lowest BCUT2D eigenvalue weighted by atomic mass is 10.1. The summed E-state index contributed by atoms with van der Waals surface area (Å²) in [6.07, 6.45) is 2.49. The van der Waals surface area contributed by atoms with Gasteiger partial charge < -0.3 is 9.52 Å². The summed E-state index contributed by atoms with van der Waals surface area (Å²) < 4.78 is 5.41. The van der Waals surface area contributed by atoms with Gasteiger partial charge in [-0.3, -0.25) is 15.0 Å². The number of aliphatic imine (C=N–C) groups is 1. The van der Waals surface area contributed by atoms with Crippen LogP contribution in [0.25, 0.3) is 17.0 Å². The van der Waals surface area contributed by atoms with Crippen molar-refractivity contribution in [3.8, 4) is 5.75 Å². The van der Waals surface area contributed by atoms with Crippen LogP contribution in [0.1, 0.15) is 19.4 Å². The average Bonchev–Trinajstić information content (AvgIpc) is 3.05. The van der Waals surface area contributed by atoms with E-state index in [1.165, 1.54) is 47.3 Å². The fourth-order valence-electron chi connectivity index (χ4n) is 2.63. The Kier molecular flexibility index (Phi) is 3.96. The van der Waals surface area contributed by atoms with E-state index < -0.39 is 11.3 Å². The maximum absolute atomic E-state index is 12.7. The molecule has 3 heterocycles. The highest BCUT2D eigenvalue weighted by atomic mass is 32.2. The van der Waals surface area contributed by atoms with E-state index in [4.69, 9.17) is 9.83 Å². The molecule has 4 rings (SSSR count). The predicted octanol–water partition coefficient (Wildman–Crippen LogP) is 2.77. The van der Waals surface area contributed by atoms with Gasteiger partial charge in [0.1, 0.15) is 22.6 Å². The van der Waals surface area contributed by atoms with Gasteiger partial charge in [0.05, 0.1) is 16.5 Å². The molecule has 8 nitrogen and oxygen atoms in total. The first kappa shape index (κ1) is 17.2. The molecule has 0 fully saturated rings. The van der Waals surface area contributed by atoms with E-state index in [-0.39, 0.29) is 34.0 Å². The molecule has 136 valence electrons. The number of fused-ring (bicyclic) bond motifs is 2. The number of rotatable bonds is 2. The Hall–Kier alpha value is -3.20. The van der Waals surface area contributed by atoms with E-state index >= 15 is 0 Å². The lowest BCUT2D eigenvalue weighted by molar-refractivity contribution is -0.114. The molecule has 0 saturated heterocycles. The molecular formula is C18H14N4O4S. The molecule has 0 saturated carbocycles. The quantitative estimate of drug-likeness (QED) is 0.771. The number of nitrogens with one attached hydrogen (secondary N) is 1. The fraction of sp³-hybridized carbons (Fsp3) is 0.167. The van der Waals surface area contributed by atoms with Crippen LogP contribution < -0.4 is 5.43 Å². The van der Waals surface area contributed by atoms with Gasteiger partial charge in [-0.15, -0.1) is 0 Å². The number of amides is 1. The number of aromatic hydroxyl groups is 1. The molecule has 27 heavy (non-hydrogen) atoms. The summed E-state index contributed by atoms with van der Waals surface area (Å²) in [5, 5.41) is 24.8. The van der Waals surface area contributed by atoms with Gasteiger partial charge in [-0.2, -0.15) is 15.1 Å². The van der Waals surface area contributed by atoms with Crippen LogP contribution in [-0.2, 0) is 4.79 Å². The number of hydrogen-bond acceptors (Lipinski definition) is 7. The molecule has 0 spiro atoms. The number of phenols is 1. The molecule has 2 aliphatic heterocycles. The maximum Gasteiger partial charge on any atom is 0.283 e. The molecule has 1 aromatic carbocycles. The van der Waals surface area contributed by atoms with Crippen molar-refractivity contribution in [1.29, 1.82) is 5.41 Å². The van der Waals surface area contributed by atoms with Crippen LogP contribution in [0.5, 0.6) is 5.75 Å². The van der Waals surface area contributed by atoms with Gasteiger partial charge in [-0.05, 0) is 36.0 Å². The lowest BCUT2D eigenvalue weighted by Crippen LogP contribution is -2.35. The Morgan fingerprint density at radius 3 is 2.85 bits per heavy atom. The third-order valence-electron chi connectivity index (χ3n) is 4.05. The average molecular weight is 382 g/mol. The Morgan fingerprint density at radius 1 is 1.33 bits per heavy atom. The van der Waals surface area contributed by atoms with Crippen molar-refractivity contribution in [2.45, 2.75) is 13.8 Å². The van der Waals surface area contributed by atoms with Crippen LogP contribution in [-0.4, -0.2) is 32.1 Å². The van der Waals surface area contributed by atoms with Gasteiger partial charge in [-0.1, -0.05) is 13.8 Å². The van der Waals surface area contributed by atoms with Gasteiger partial charge in [0.2, 0.25) is 5.17 Å². The van der Waals surface area contributed by atoms with E-state index in [9.17, 15) is 14.7 Å². The highest BCUT2D eigenvalue weighted by Gasteiger charge is 2.36. The Bertz CT molecular complexity index is 1160. The van der Waals surface area contributed by atoms with Crippen LogP contribution in [0.15, 0.2) is 49.3 Å². The highest BCUT2D eigenvalue weighted by molar-refractivity contribution is 8.27. The summed E-state index contributed by atoms with van der Waals surface area (Å²) in [5.41, 5.74) is -0.0794. The zero-order valence-electron chi connectivity index (χ0n) is 14.4. The minimum Gasteiger partial charge on any atom is -0.508 e. The smallest absolute Gasteiger partial charge is 0.283 e. The first-order chi connectivity index (χ1) is 12.8. The van der Waals surface area contributed by atoms with Crippen molar-refractivity contribution >= 4 is 50.8 Å². The van der Waals surface area contributed by atoms with Crippen molar-refractivity contribution in [3.63, 3.8) is 0 Å². The van der Waals surface area contributed by atoms with Crippen molar-refractivity contribution in [2.75, 3.05) is 0 Å². The molecule has 1 amide bonds. The van der Waals surface area contributed by atoms with Gasteiger partial charge in [0.15, 0.2) is 11.3 Å². The third kappa shape index (κ3) is 2.85. The number of amidine groups is 2. The van der Waals surface area contributed by atoms with E-state index in [1.807, 2.05) is 13.8 Å². The van der Waals surface area contributed by atoms with E-state index in [0.717, 1.165) is 5.04 Å². The van der Waals surface area contributed by atoms with Crippen molar-refractivity contribution in [1.82, 2.24) is 5.01 Å². The first-order valence-corrected chi connectivity index (χ1v) is 8.91. The summed E-state index contributed by atoms with van der Waals surface area (Å²) in [6.45, 7) is 3.92. The number of hydrogen-bond donors (Lipinski definition) is 2. The molecule has 0 radical (unpaired) electrons. The molecule has 2 N–H and O–H groups in total. The first-order valence-electron chi connectivity index (χ1n) is 8.10. The standard InChI is InChI=1S/C18H14N4O4S/c1-8(2)17-21-22-15(19)12(16(25)20-18(22)27-17)5-9-7-26-13-4-3-10(23)6-11(13)14(9)24/h3-8,19,23H,1-2H3/b12-5-,19-15?. The Labute approximate surface area is 157 Å². The molecular weight excluding hydrogens is 368 g/mol. The number of hydrazone groups is 1. The monoisotopic (exact) mass is 382 g/mol. The number of nitrogens with zero attached hydrogens (tertiary/aromatic N) is 3. The van der Waals surface area contributed by atoms with E-state index in [1.54, 1.807) is 0 Å². The molecule has 0 atom stereocenters. The second-order valence-corrected chi connectivity index (χ2v) is 7.30. The number of benzene rings is 1. The summed E-state index contributed by atoms with van der Waals surface area (Å²) in [6, 6.07) is 4.19. The van der Waals surface area contributed by atoms with Crippen molar-refractivity contribution in [2.24, 2.45) is 16.0 Å². The van der Waals surface area contributed by atoms with Crippen LogP contribution in [0, 0.1) is 11.3 Å². The normalized spacial score (nSPS) is 18.3. The third-order valence-corrected chi connectivity index (χ3v) is 5.26. The zero-order chi connectivity index (χ0) is 19.3. The number of carbonyl (C=O) groups is 1. The predicted molar refractivity (Wildman–Crippen MR) is 104 cm³/mol. The van der Waals surface area contributed by atoms with Gasteiger partial charge >= 0.3 is 0 Å². The number of thioether (sulfide) groups is 1. The molecule has 0 aliphatic carbocycles. The summed E-state index contributed by atoms with van der Waals surface area (Å²) >= 11 is 1.25. The second-order valence-electron chi connectivity index (χ2n) is 6.31. The lowest BCUT2D eigenvalue weighted by Gasteiger charge is -2.20. The number of carbonyl (C=O) groups excluding carboxylic acids is 1. The van der Waals surface area contributed by atoms with Crippen LogP contribution in [0.4, 0.5) is 0 Å². The zero-order valence-corrected chi connectivity index (χ0v) is 15.2. The van der Waals surface area contributed by atoms with Gasteiger partial charge in [-0.25, -0.2) is 0 Å². The Balaban J connectivity index is 1.80. The van der Waals surface area contributed by atoms with E-state index in [2.05, 4.69) is 10.1 Å². The van der Waals surface area contributed by atoms with Crippen LogP contribution in [0.3, 0.4) is 0 Å². The van der Waals surface area contributed by atoms with Gasteiger partial charge in [0, 0.05) is 5.92 Å². The Morgan fingerprint density at radius 2 is 2.11 bits per heavy atom. The second kappa shape index (κ2) is 6.20. The summed E-state index contributed by atoms with van der Waals surface area (Å²) in [7, 11) is 0. The van der Waals surface area contributed by atoms with E-state index in [0.29, 0.717) is 10.8 Å². The SMILES string of the molecule is CC(C)C1=NN2C(=N)/C(=C/c3coc4ccc(O)cc4c3=O)C(=O)N=C2S1. The van der Waals surface area contributed by atoms with Crippen molar-refractivity contribution in [3.05, 3.63) is 45.8 Å². The maximum atomic E-state index is 12.7. The molecule has 1 aromatic heterocycles. The van der Waals surface area contributed by atoms with Crippen LogP contribution >= 0.6 is 11.8 Å². The molecule has 9 heteroatoms. The number of phenolic OH excluding ortho intramolecular Hbond substituents is 1. The molecule has 2 aliphatic rings. The summed E-state index contributed by atoms with van der Waals surface area (Å²) in [4.78, 5) is 29.0. The van der Waals surface area contributed by atoms with Crippen LogP contribution in [0.2, 0.25) is 0 Å². The minimum absolute atomic E-state index is 0.0556. The molecule has 0 bridgehead atoms. The molecule has 0 unspecified atom stereocenters. The fourth-order valence-corrected chi connectivity index (χ4v) is 3.52. The topological polar surface area (TPSA) is 119 Å². The largest absolute Gasteiger partial charge is 0.508 e. The summed E-state index contributed by atoms with van der Waals surface area (Å²) in [5.74, 6) is -0.697. The van der Waals surface area contributed by atoms with Crippen molar-refractivity contribution < 1.29 is 14.3 Å². The minimum atomic E-state index is -0.616. The molecule has 2 aromatic rings. The van der Waals surface area contributed by atoms with Gasteiger partial charge in [0.25, 0.3) is 5.91 Å². The highest BCUT2D eigenvalue weighted by Crippen LogP contribution is 2.30.